The first-order valence-electron chi connectivity index (χ1n) is 7.07. The number of hydrogen-bond acceptors (Lipinski definition) is 6. The Kier molecular flexibility index (Phi) is 8.81. The normalized spacial score (nSPS) is 10.5. The third-order valence-corrected chi connectivity index (χ3v) is 3.01. The first-order valence-corrected chi connectivity index (χ1v) is 7.07. The molecule has 0 aromatic rings. The van der Waals surface area contributed by atoms with Crippen molar-refractivity contribution in [3.05, 3.63) is 0 Å². The summed E-state index contributed by atoms with van der Waals surface area (Å²) in [5.41, 5.74) is -0.456. The number of amides is 2. The molecule has 0 bridgehead atoms. The maximum atomic E-state index is 11.7. The van der Waals surface area contributed by atoms with Crippen molar-refractivity contribution < 1.29 is 28.7 Å². The monoisotopic (exact) mass is 316 g/mol. The van der Waals surface area contributed by atoms with E-state index in [4.69, 9.17) is 4.74 Å². The fraction of sp³-hybridized carbons (Fsp3) is 0.714. The highest BCUT2D eigenvalue weighted by Gasteiger charge is 2.24. The van der Waals surface area contributed by atoms with Crippen LogP contribution in [0.4, 0.5) is 4.79 Å². The molecule has 8 nitrogen and oxygen atoms in total. The van der Waals surface area contributed by atoms with Gasteiger partial charge in [-0.2, -0.15) is 0 Å². The third kappa shape index (κ3) is 8.23. The Bertz CT molecular complexity index is 420. The minimum atomic E-state index is -0.948. The molecule has 22 heavy (non-hydrogen) atoms. The number of Topliss-reactive ketones (excluding diaryl/α,β-unsaturated/α-hetero) is 1. The summed E-state index contributed by atoms with van der Waals surface area (Å²) in [5, 5.41) is 5.02. The summed E-state index contributed by atoms with van der Waals surface area (Å²) in [6.07, 6.45) is 0.0157. The van der Waals surface area contributed by atoms with E-state index in [1.807, 2.05) is 20.8 Å². The Hall–Kier alpha value is -2.12. The Morgan fingerprint density at radius 2 is 1.50 bits per heavy atom. The summed E-state index contributed by atoms with van der Waals surface area (Å²) in [6.45, 7) is 6.85. The average molecular weight is 316 g/mol. The van der Waals surface area contributed by atoms with Gasteiger partial charge in [-0.15, -0.1) is 0 Å². The van der Waals surface area contributed by atoms with E-state index in [9.17, 15) is 19.2 Å². The molecular formula is C14H24N2O6. The summed E-state index contributed by atoms with van der Waals surface area (Å²) in [6, 6.07) is 0. The van der Waals surface area contributed by atoms with Gasteiger partial charge in [0.15, 0.2) is 0 Å². The van der Waals surface area contributed by atoms with Gasteiger partial charge in [-0.1, -0.05) is 20.8 Å². The van der Waals surface area contributed by atoms with Crippen molar-refractivity contribution in [3.63, 3.8) is 0 Å². The van der Waals surface area contributed by atoms with Crippen LogP contribution in [0.1, 0.15) is 34.1 Å². The number of carbonyl (C=O) groups is 4. The smallest absolute Gasteiger partial charge is 0.407 e. The Morgan fingerprint density at radius 1 is 0.955 bits per heavy atom. The van der Waals surface area contributed by atoms with Gasteiger partial charge in [0, 0.05) is 12.3 Å². The Balaban J connectivity index is 3.69. The maximum Gasteiger partial charge on any atom is 0.407 e. The van der Waals surface area contributed by atoms with Crippen molar-refractivity contribution >= 4 is 23.8 Å². The Labute approximate surface area is 129 Å². The molecule has 0 heterocycles. The van der Waals surface area contributed by atoms with Crippen molar-refractivity contribution in [3.8, 4) is 0 Å². The highest BCUT2D eigenvalue weighted by atomic mass is 16.6. The molecule has 8 heteroatoms. The topological polar surface area (TPSA) is 111 Å². The zero-order chi connectivity index (χ0) is 17.2. The molecule has 0 aliphatic heterocycles. The minimum Gasteiger partial charge on any atom is -0.458 e. The van der Waals surface area contributed by atoms with Gasteiger partial charge in [0.25, 0.3) is 0 Å². The molecule has 0 saturated heterocycles. The van der Waals surface area contributed by atoms with Crippen LogP contribution in [0.3, 0.4) is 0 Å². The molecule has 126 valence electrons. The van der Waals surface area contributed by atoms with E-state index in [1.54, 1.807) is 0 Å². The van der Waals surface area contributed by atoms with Crippen LogP contribution in [0.2, 0.25) is 0 Å². The number of ether oxygens (including phenoxy) is 2. The van der Waals surface area contributed by atoms with E-state index in [-0.39, 0.29) is 32.2 Å². The van der Waals surface area contributed by atoms with Crippen LogP contribution < -0.4 is 10.6 Å². The van der Waals surface area contributed by atoms with Crippen molar-refractivity contribution in [2.75, 3.05) is 26.3 Å². The molecule has 2 N–H and O–H groups in total. The van der Waals surface area contributed by atoms with E-state index in [1.165, 1.54) is 0 Å². The average Bonchev–Trinajstić information content (AvgIpc) is 2.47. The van der Waals surface area contributed by atoms with Crippen LogP contribution in [-0.2, 0) is 23.9 Å². The van der Waals surface area contributed by atoms with Gasteiger partial charge >= 0.3 is 12.1 Å². The Morgan fingerprint density at radius 3 is 2.05 bits per heavy atom. The molecule has 0 aliphatic carbocycles. The number of nitrogens with one attached hydrogen (secondary N) is 2. The van der Waals surface area contributed by atoms with Gasteiger partial charge in [-0.3, -0.25) is 9.59 Å². The second-order valence-corrected chi connectivity index (χ2v) is 5.25. The molecule has 0 aliphatic rings. The van der Waals surface area contributed by atoms with Crippen LogP contribution in [0, 0.1) is 5.41 Å². The molecule has 0 radical (unpaired) electrons. The molecule has 0 atom stereocenters. The van der Waals surface area contributed by atoms with Crippen molar-refractivity contribution in [2.24, 2.45) is 5.41 Å². The van der Waals surface area contributed by atoms with Gasteiger partial charge < -0.3 is 20.1 Å². The lowest BCUT2D eigenvalue weighted by molar-refractivity contribution is -0.152. The fourth-order valence-corrected chi connectivity index (χ4v) is 1.16. The van der Waals surface area contributed by atoms with E-state index < -0.39 is 23.3 Å². The maximum absolute atomic E-state index is 11.7. The second-order valence-electron chi connectivity index (χ2n) is 5.25. The number of hydrogen-bond donors (Lipinski definition) is 2. The van der Waals surface area contributed by atoms with Crippen LogP contribution in [0.15, 0.2) is 0 Å². The van der Waals surface area contributed by atoms with Gasteiger partial charge in [0.1, 0.15) is 13.2 Å². The quantitative estimate of drug-likeness (QED) is 0.362. The fourth-order valence-electron chi connectivity index (χ4n) is 1.16. The van der Waals surface area contributed by atoms with Gasteiger partial charge in [-0.25, -0.2) is 9.59 Å². The molecular weight excluding hydrogens is 292 g/mol. The zero-order valence-electron chi connectivity index (χ0n) is 13.5. The van der Waals surface area contributed by atoms with Gasteiger partial charge in [0.05, 0.1) is 13.1 Å². The molecule has 0 rings (SSSR count). The lowest BCUT2D eigenvalue weighted by Gasteiger charge is -2.21. The van der Waals surface area contributed by atoms with Crippen LogP contribution in [0.25, 0.3) is 0 Å². The number of esters is 1. The van der Waals surface area contributed by atoms with E-state index >= 15 is 0 Å². The molecule has 0 spiro atoms. The number of carbonyl (C=O) groups excluding carboxylic acids is 4. The molecule has 0 unspecified atom stereocenters. The number of alkyl carbamates (subject to hydrolysis) is 1. The molecule has 0 fully saturated rings. The standard InChI is InChI=1S/C14H24N2O6/c1-5-14(3,4)12(19)15-6-9-22-13(20)16-7-8-21-11(18)10(2)17/h5-9H2,1-4H3,(H,15,19)(H,16,20). The summed E-state index contributed by atoms with van der Waals surface area (Å²) in [7, 11) is 0. The largest absolute Gasteiger partial charge is 0.458 e. The second kappa shape index (κ2) is 9.75. The lowest BCUT2D eigenvalue weighted by Crippen LogP contribution is -2.39. The van der Waals surface area contributed by atoms with Crippen LogP contribution in [-0.4, -0.2) is 50.1 Å². The summed E-state index contributed by atoms with van der Waals surface area (Å²) >= 11 is 0. The molecule has 0 saturated carbocycles. The first-order chi connectivity index (χ1) is 10.2. The molecule has 2 amide bonds. The SMILES string of the molecule is CCC(C)(C)C(=O)NCCOC(=O)NCCOC(=O)C(C)=O. The van der Waals surface area contributed by atoms with Crippen LogP contribution >= 0.6 is 0 Å². The van der Waals surface area contributed by atoms with E-state index in [0.29, 0.717) is 6.42 Å². The molecule has 0 aromatic carbocycles. The minimum absolute atomic E-state index is 0.0323. The predicted molar refractivity (Wildman–Crippen MR) is 78.1 cm³/mol. The third-order valence-electron chi connectivity index (χ3n) is 3.01. The highest BCUT2D eigenvalue weighted by Crippen LogP contribution is 2.18. The summed E-state index contributed by atoms with van der Waals surface area (Å²) < 4.78 is 9.37. The first kappa shape index (κ1) is 19.9. The molecule has 0 aromatic heterocycles. The van der Waals surface area contributed by atoms with Crippen molar-refractivity contribution in [1.29, 1.82) is 0 Å². The zero-order valence-corrected chi connectivity index (χ0v) is 13.5. The van der Waals surface area contributed by atoms with Crippen molar-refractivity contribution in [1.82, 2.24) is 10.6 Å². The lowest BCUT2D eigenvalue weighted by atomic mass is 9.89. The van der Waals surface area contributed by atoms with Crippen LogP contribution in [0.5, 0.6) is 0 Å². The van der Waals surface area contributed by atoms with E-state index in [2.05, 4.69) is 15.4 Å². The number of ketones is 1. The number of rotatable bonds is 9. The van der Waals surface area contributed by atoms with Crippen molar-refractivity contribution in [2.45, 2.75) is 34.1 Å². The van der Waals surface area contributed by atoms with E-state index in [0.717, 1.165) is 6.92 Å². The van der Waals surface area contributed by atoms with Gasteiger partial charge in [0.2, 0.25) is 11.7 Å². The predicted octanol–water partition coefficient (Wildman–Crippen LogP) is 0.397. The van der Waals surface area contributed by atoms with Gasteiger partial charge in [-0.05, 0) is 6.42 Å². The summed E-state index contributed by atoms with van der Waals surface area (Å²) in [5.74, 6) is -1.75. The highest BCUT2D eigenvalue weighted by molar-refractivity contribution is 6.32. The summed E-state index contributed by atoms with van der Waals surface area (Å²) in [4.78, 5) is 44.4.